The number of aryl methyl sites for hydroxylation is 1. The van der Waals surface area contributed by atoms with Gasteiger partial charge in [-0.05, 0) is 37.5 Å². The smallest absolute Gasteiger partial charge is 0.322 e. The first-order valence-electron chi connectivity index (χ1n) is 9.21. The summed E-state index contributed by atoms with van der Waals surface area (Å²) in [6, 6.07) is 5.08. The summed E-state index contributed by atoms with van der Waals surface area (Å²) in [5.74, 6) is -0.189. The lowest BCUT2D eigenvalue weighted by Gasteiger charge is -2.26. The highest BCUT2D eigenvalue weighted by atomic mass is 16.3. The number of rotatable bonds is 3. The molecule has 3 rings (SSSR count). The van der Waals surface area contributed by atoms with Gasteiger partial charge in [0.25, 0.3) is 5.91 Å². The SMILES string of the molecule is Cc1ccc(C(=O)N[C@H]2CCCCCC[C@@H]2O)cc1N1CCNC1=O. The van der Waals surface area contributed by atoms with Crippen LogP contribution in [0.3, 0.4) is 0 Å². The monoisotopic (exact) mass is 345 g/mol. The van der Waals surface area contributed by atoms with E-state index < -0.39 is 6.10 Å². The Morgan fingerprint density at radius 1 is 1.24 bits per heavy atom. The van der Waals surface area contributed by atoms with Gasteiger partial charge in [-0.3, -0.25) is 9.69 Å². The zero-order chi connectivity index (χ0) is 17.8. The molecule has 0 spiro atoms. The van der Waals surface area contributed by atoms with Gasteiger partial charge in [-0.2, -0.15) is 0 Å². The Morgan fingerprint density at radius 3 is 2.72 bits per heavy atom. The normalized spacial score (nSPS) is 24.4. The van der Waals surface area contributed by atoms with E-state index in [-0.39, 0.29) is 18.0 Å². The van der Waals surface area contributed by atoms with Gasteiger partial charge in [0, 0.05) is 24.3 Å². The van der Waals surface area contributed by atoms with Crippen molar-refractivity contribution in [2.75, 3.05) is 18.0 Å². The molecule has 3 N–H and O–H groups in total. The second-order valence-corrected chi connectivity index (χ2v) is 7.02. The van der Waals surface area contributed by atoms with Crippen molar-refractivity contribution in [1.82, 2.24) is 10.6 Å². The van der Waals surface area contributed by atoms with Gasteiger partial charge in [-0.15, -0.1) is 0 Å². The zero-order valence-electron chi connectivity index (χ0n) is 14.8. The first kappa shape index (κ1) is 17.7. The molecule has 1 aliphatic heterocycles. The minimum absolute atomic E-state index is 0.129. The van der Waals surface area contributed by atoms with E-state index in [1.807, 2.05) is 13.0 Å². The zero-order valence-corrected chi connectivity index (χ0v) is 14.8. The van der Waals surface area contributed by atoms with Crippen LogP contribution in [0.4, 0.5) is 10.5 Å². The maximum Gasteiger partial charge on any atom is 0.322 e. The van der Waals surface area contributed by atoms with Crippen LogP contribution in [0, 0.1) is 6.92 Å². The molecule has 1 aromatic carbocycles. The summed E-state index contributed by atoms with van der Waals surface area (Å²) in [5, 5.41) is 16.1. The van der Waals surface area contributed by atoms with Gasteiger partial charge in [0.2, 0.25) is 0 Å². The number of hydrogen-bond acceptors (Lipinski definition) is 3. The van der Waals surface area contributed by atoms with Gasteiger partial charge >= 0.3 is 6.03 Å². The Hall–Kier alpha value is -2.08. The van der Waals surface area contributed by atoms with E-state index in [4.69, 9.17) is 0 Å². The number of carbonyl (C=O) groups excluding carboxylic acids is 2. The second kappa shape index (κ2) is 7.87. The molecule has 1 aliphatic carbocycles. The Labute approximate surface area is 148 Å². The molecule has 0 unspecified atom stereocenters. The molecular weight excluding hydrogens is 318 g/mol. The number of benzene rings is 1. The van der Waals surface area contributed by atoms with Crippen LogP contribution in [-0.4, -0.2) is 42.3 Å². The predicted molar refractivity (Wildman–Crippen MR) is 96.9 cm³/mol. The van der Waals surface area contributed by atoms with Gasteiger partial charge < -0.3 is 15.7 Å². The van der Waals surface area contributed by atoms with Crippen molar-refractivity contribution >= 4 is 17.6 Å². The fourth-order valence-corrected chi connectivity index (χ4v) is 3.63. The van der Waals surface area contributed by atoms with Crippen LogP contribution >= 0.6 is 0 Å². The quantitative estimate of drug-likeness (QED) is 0.786. The van der Waals surface area contributed by atoms with E-state index in [1.165, 1.54) is 0 Å². The summed E-state index contributed by atoms with van der Waals surface area (Å²) >= 11 is 0. The molecule has 136 valence electrons. The molecule has 0 radical (unpaired) electrons. The standard InChI is InChI=1S/C19H27N3O3/c1-13-8-9-14(12-16(13)22-11-10-20-19(22)25)18(24)21-15-6-4-2-3-5-7-17(15)23/h8-9,12,15,17,23H,2-7,10-11H2,1H3,(H,20,25)(H,21,24)/t15-,17-/m0/s1. The number of anilines is 1. The molecule has 0 aromatic heterocycles. The molecule has 6 nitrogen and oxygen atoms in total. The van der Waals surface area contributed by atoms with Gasteiger partial charge in [0.15, 0.2) is 0 Å². The maximum atomic E-state index is 12.7. The van der Waals surface area contributed by atoms with Crippen LogP contribution in [0.1, 0.15) is 54.4 Å². The lowest BCUT2D eigenvalue weighted by atomic mass is 9.94. The molecule has 3 amide bonds. The number of amides is 3. The van der Waals surface area contributed by atoms with E-state index in [0.29, 0.717) is 18.7 Å². The highest BCUT2D eigenvalue weighted by molar-refractivity contribution is 5.99. The molecule has 25 heavy (non-hydrogen) atoms. The van der Waals surface area contributed by atoms with Crippen molar-refractivity contribution in [2.45, 2.75) is 57.6 Å². The van der Waals surface area contributed by atoms with Crippen LogP contribution < -0.4 is 15.5 Å². The van der Waals surface area contributed by atoms with Crippen molar-refractivity contribution in [3.63, 3.8) is 0 Å². The molecular formula is C19H27N3O3. The fourth-order valence-electron chi connectivity index (χ4n) is 3.63. The van der Waals surface area contributed by atoms with Crippen molar-refractivity contribution in [1.29, 1.82) is 0 Å². The molecule has 1 saturated carbocycles. The minimum atomic E-state index is -0.487. The molecule has 2 fully saturated rings. The maximum absolute atomic E-state index is 12.7. The summed E-state index contributed by atoms with van der Waals surface area (Å²) in [7, 11) is 0. The Balaban J connectivity index is 1.74. The predicted octanol–water partition coefficient (Wildman–Crippen LogP) is 2.34. The average Bonchev–Trinajstić information content (AvgIpc) is 3.01. The molecule has 1 saturated heterocycles. The fraction of sp³-hybridized carbons (Fsp3) is 0.579. The first-order valence-corrected chi connectivity index (χ1v) is 9.21. The minimum Gasteiger partial charge on any atom is -0.391 e. The van der Waals surface area contributed by atoms with Crippen LogP contribution in [0.15, 0.2) is 18.2 Å². The number of aliphatic hydroxyl groups excluding tert-OH is 1. The van der Waals surface area contributed by atoms with Gasteiger partial charge in [-0.25, -0.2) is 4.79 Å². The van der Waals surface area contributed by atoms with Crippen LogP contribution in [0.2, 0.25) is 0 Å². The van der Waals surface area contributed by atoms with Crippen molar-refractivity contribution in [3.8, 4) is 0 Å². The van der Waals surface area contributed by atoms with Crippen LogP contribution in [0.25, 0.3) is 0 Å². The molecule has 2 aliphatic rings. The molecule has 6 heteroatoms. The van der Waals surface area contributed by atoms with Crippen LogP contribution in [-0.2, 0) is 0 Å². The number of carbonyl (C=O) groups is 2. The number of urea groups is 1. The third-order valence-electron chi connectivity index (χ3n) is 5.16. The van der Waals surface area contributed by atoms with Gasteiger partial charge in [-0.1, -0.05) is 31.7 Å². The van der Waals surface area contributed by atoms with Crippen LogP contribution in [0.5, 0.6) is 0 Å². The van der Waals surface area contributed by atoms with Gasteiger partial charge in [0.05, 0.1) is 12.1 Å². The van der Waals surface area contributed by atoms with E-state index in [9.17, 15) is 14.7 Å². The molecule has 1 aromatic rings. The topological polar surface area (TPSA) is 81.7 Å². The Kier molecular flexibility index (Phi) is 5.58. The summed E-state index contributed by atoms with van der Waals surface area (Å²) in [5.41, 5.74) is 2.25. The highest BCUT2D eigenvalue weighted by Crippen LogP contribution is 2.24. The van der Waals surface area contributed by atoms with Crippen molar-refractivity contribution in [2.24, 2.45) is 0 Å². The van der Waals surface area contributed by atoms with E-state index in [1.54, 1.807) is 17.0 Å². The first-order chi connectivity index (χ1) is 12.1. The lowest BCUT2D eigenvalue weighted by molar-refractivity contribution is 0.0771. The number of hydrogen-bond donors (Lipinski definition) is 3. The summed E-state index contributed by atoms with van der Waals surface area (Å²) < 4.78 is 0. The van der Waals surface area contributed by atoms with Crippen molar-refractivity contribution < 1.29 is 14.7 Å². The van der Waals surface area contributed by atoms with Gasteiger partial charge in [0.1, 0.15) is 0 Å². The van der Waals surface area contributed by atoms with E-state index >= 15 is 0 Å². The third kappa shape index (κ3) is 4.12. The Bertz CT molecular complexity index is 647. The lowest BCUT2D eigenvalue weighted by Crippen LogP contribution is -2.43. The summed E-state index contributed by atoms with van der Waals surface area (Å²) in [4.78, 5) is 26.3. The number of nitrogens with zero attached hydrogens (tertiary/aromatic N) is 1. The molecule has 0 bridgehead atoms. The number of nitrogens with one attached hydrogen (secondary N) is 2. The molecule has 2 atom stereocenters. The summed E-state index contributed by atoms with van der Waals surface area (Å²) in [6.07, 6.45) is 5.38. The molecule has 1 heterocycles. The van der Waals surface area contributed by atoms with E-state index in [2.05, 4.69) is 10.6 Å². The highest BCUT2D eigenvalue weighted by Gasteiger charge is 2.25. The van der Waals surface area contributed by atoms with Crippen molar-refractivity contribution in [3.05, 3.63) is 29.3 Å². The number of aliphatic hydroxyl groups is 1. The second-order valence-electron chi connectivity index (χ2n) is 7.02. The average molecular weight is 345 g/mol. The Morgan fingerprint density at radius 2 is 2.00 bits per heavy atom. The largest absolute Gasteiger partial charge is 0.391 e. The third-order valence-corrected chi connectivity index (χ3v) is 5.16. The van der Waals surface area contributed by atoms with E-state index in [0.717, 1.165) is 49.8 Å². The summed E-state index contributed by atoms with van der Waals surface area (Å²) in [6.45, 7) is 3.15.